The SMILES string of the molecule is CC(=O)c1nnn(CCCCOc2cccc(C)c2)c1C. The molecule has 2 rings (SSSR count). The minimum atomic E-state index is -0.0402. The Morgan fingerprint density at radius 2 is 2.10 bits per heavy atom. The molecule has 0 fully saturated rings. The molecule has 0 radical (unpaired) electrons. The molecule has 0 saturated carbocycles. The molecule has 0 saturated heterocycles. The quantitative estimate of drug-likeness (QED) is 0.580. The fourth-order valence-corrected chi connectivity index (χ4v) is 2.16. The van der Waals surface area contributed by atoms with E-state index in [2.05, 4.69) is 10.3 Å². The molecule has 0 N–H and O–H groups in total. The summed E-state index contributed by atoms with van der Waals surface area (Å²) in [7, 11) is 0. The normalized spacial score (nSPS) is 10.6. The van der Waals surface area contributed by atoms with Crippen molar-refractivity contribution in [2.45, 2.75) is 40.2 Å². The topological polar surface area (TPSA) is 57.0 Å². The number of ether oxygens (including phenoxy) is 1. The van der Waals surface area contributed by atoms with Gasteiger partial charge in [-0.15, -0.1) is 5.10 Å². The molecule has 0 amide bonds. The van der Waals surface area contributed by atoms with Crippen molar-refractivity contribution < 1.29 is 9.53 Å². The number of aromatic nitrogens is 3. The van der Waals surface area contributed by atoms with E-state index < -0.39 is 0 Å². The van der Waals surface area contributed by atoms with E-state index in [0.29, 0.717) is 12.3 Å². The van der Waals surface area contributed by atoms with Gasteiger partial charge in [0.25, 0.3) is 0 Å². The van der Waals surface area contributed by atoms with Gasteiger partial charge in [0.15, 0.2) is 11.5 Å². The molecule has 112 valence electrons. The van der Waals surface area contributed by atoms with E-state index in [1.54, 1.807) is 4.68 Å². The summed E-state index contributed by atoms with van der Waals surface area (Å²) in [6.45, 7) is 6.87. The molecular formula is C16H21N3O2. The van der Waals surface area contributed by atoms with Crippen LogP contribution in [-0.2, 0) is 6.54 Å². The fraction of sp³-hybridized carbons (Fsp3) is 0.438. The number of unbranched alkanes of at least 4 members (excludes halogenated alkanes) is 1. The number of aryl methyl sites for hydroxylation is 2. The lowest BCUT2D eigenvalue weighted by Crippen LogP contribution is -2.06. The fourth-order valence-electron chi connectivity index (χ4n) is 2.16. The van der Waals surface area contributed by atoms with Crippen LogP contribution in [0, 0.1) is 13.8 Å². The van der Waals surface area contributed by atoms with Crippen molar-refractivity contribution in [2.24, 2.45) is 0 Å². The molecule has 1 aromatic heterocycles. The lowest BCUT2D eigenvalue weighted by atomic mass is 10.2. The van der Waals surface area contributed by atoms with Gasteiger partial charge in [-0.05, 0) is 44.4 Å². The third kappa shape index (κ3) is 4.15. The number of ketones is 1. The van der Waals surface area contributed by atoms with Crippen LogP contribution in [0.15, 0.2) is 24.3 Å². The molecule has 0 aliphatic carbocycles. The molecule has 2 aromatic rings. The predicted molar refractivity (Wildman–Crippen MR) is 80.7 cm³/mol. The summed E-state index contributed by atoms with van der Waals surface area (Å²) in [5, 5.41) is 7.91. The van der Waals surface area contributed by atoms with Crippen LogP contribution >= 0.6 is 0 Å². The third-order valence-corrected chi connectivity index (χ3v) is 3.34. The Labute approximate surface area is 124 Å². The maximum Gasteiger partial charge on any atom is 0.181 e. The van der Waals surface area contributed by atoms with Crippen LogP contribution in [0.4, 0.5) is 0 Å². The van der Waals surface area contributed by atoms with E-state index in [9.17, 15) is 4.79 Å². The first-order valence-electron chi connectivity index (χ1n) is 7.18. The van der Waals surface area contributed by atoms with Crippen molar-refractivity contribution in [1.29, 1.82) is 0 Å². The van der Waals surface area contributed by atoms with Crippen molar-refractivity contribution in [2.75, 3.05) is 6.61 Å². The highest BCUT2D eigenvalue weighted by Gasteiger charge is 2.11. The Morgan fingerprint density at radius 3 is 2.76 bits per heavy atom. The van der Waals surface area contributed by atoms with Crippen LogP contribution < -0.4 is 4.74 Å². The zero-order chi connectivity index (χ0) is 15.2. The van der Waals surface area contributed by atoms with Crippen LogP contribution in [0.5, 0.6) is 5.75 Å². The number of hydrogen-bond donors (Lipinski definition) is 0. The first-order valence-corrected chi connectivity index (χ1v) is 7.18. The molecule has 1 aromatic carbocycles. The van der Waals surface area contributed by atoms with Gasteiger partial charge in [0.05, 0.1) is 12.3 Å². The zero-order valence-corrected chi connectivity index (χ0v) is 12.8. The van der Waals surface area contributed by atoms with Gasteiger partial charge in [0.2, 0.25) is 0 Å². The minimum Gasteiger partial charge on any atom is -0.494 e. The standard InChI is InChI=1S/C16H21N3O2/c1-12-7-6-8-15(11-12)21-10-5-4-9-19-13(2)16(14(3)20)17-18-19/h6-8,11H,4-5,9-10H2,1-3H3. The second-order valence-electron chi connectivity index (χ2n) is 5.17. The van der Waals surface area contributed by atoms with Crippen molar-refractivity contribution in [3.8, 4) is 5.75 Å². The largest absolute Gasteiger partial charge is 0.494 e. The van der Waals surface area contributed by atoms with E-state index in [1.165, 1.54) is 12.5 Å². The summed E-state index contributed by atoms with van der Waals surface area (Å²) in [6.07, 6.45) is 1.87. The van der Waals surface area contributed by atoms with E-state index in [1.807, 2.05) is 38.1 Å². The third-order valence-electron chi connectivity index (χ3n) is 3.34. The van der Waals surface area contributed by atoms with Gasteiger partial charge in [-0.2, -0.15) is 0 Å². The smallest absolute Gasteiger partial charge is 0.181 e. The summed E-state index contributed by atoms with van der Waals surface area (Å²) < 4.78 is 7.48. The Bertz CT molecular complexity index is 620. The summed E-state index contributed by atoms with van der Waals surface area (Å²) >= 11 is 0. The van der Waals surface area contributed by atoms with E-state index in [-0.39, 0.29) is 5.78 Å². The highest BCUT2D eigenvalue weighted by atomic mass is 16.5. The van der Waals surface area contributed by atoms with Gasteiger partial charge in [-0.25, -0.2) is 4.68 Å². The second kappa shape index (κ2) is 7.02. The predicted octanol–water partition coefficient (Wildman–Crippen LogP) is 2.96. The molecule has 21 heavy (non-hydrogen) atoms. The van der Waals surface area contributed by atoms with Crippen molar-refractivity contribution >= 4 is 5.78 Å². The summed E-state index contributed by atoms with van der Waals surface area (Å²) in [5.74, 6) is 0.868. The molecule has 0 unspecified atom stereocenters. The summed E-state index contributed by atoms with van der Waals surface area (Å²) in [6, 6.07) is 8.04. The molecule has 0 atom stereocenters. The number of Topliss-reactive ketones (excluding diaryl/α,β-unsaturated/α-hetero) is 1. The van der Waals surface area contributed by atoms with Crippen molar-refractivity contribution in [3.63, 3.8) is 0 Å². The molecule has 0 spiro atoms. The Kier molecular flexibility index (Phi) is 5.09. The molecule has 5 nitrogen and oxygen atoms in total. The van der Waals surface area contributed by atoms with Crippen LogP contribution in [0.2, 0.25) is 0 Å². The first kappa shape index (κ1) is 15.2. The average Bonchev–Trinajstić information content (AvgIpc) is 2.80. The minimum absolute atomic E-state index is 0.0402. The average molecular weight is 287 g/mol. The van der Waals surface area contributed by atoms with Crippen molar-refractivity contribution in [1.82, 2.24) is 15.0 Å². The lowest BCUT2D eigenvalue weighted by molar-refractivity contribution is 0.101. The maximum absolute atomic E-state index is 11.3. The van der Waals surface area contributed by atoms with Gasteiger partial charge < -0.3 is 4.74 Å². The number of carbonyl (C=O) groups is 1. The van der Waals surface area contributed by atoms with Crippen molar-refractivity contribution in [3.05, 3.63) is 41.2 Å². The molecule has 1 heterocycles. The summed E-state index contributed by atoms with van der Waals surface area (Å²) in [5.41, 5.74) is 2.50. The Balaban J connectivity index is 1.74. The second-order valence-corrected chi connectivity index (χ2v) is 5.17. The Morgan fingerprint density at radius 1 is 1.29 bits per heavy atom. The van der Waals surface area contributed by atoms with Crippen LogP contribution in [0.1, 0.15) is 41.5 Å². The summed E-state index contributed by atoms with van der Waals surface area (Å²) in [4.78, 5) is 11.3. The molecule has 5 heteroatoms. The maximum atomic E-state index is 11.3. The van der Waals surface area contributed by atoms with Gasteiger partial charge in [-0.1, -0.05) is 17.3 Å². The van der Waals surface area contributed by atoms with Gasteiger partial charge in [0, 0.05) is 13.5 Å². The highest BCUT2D eigenvalue weighted by Crippen LogP contribution is 2.13. The van der Waals surface area contributed by atoms with Crippen LogP contribution in [0.25, 0.3) is 0 Å². The molecule has 0 bridgehead atoms. The molecular weight excluding hydrogens is 266 g/mol. The number of hydrogen-bond acceptors (Lipinski definition) is 4. The Hall–Kier alpha value is -2.17. The number of carbonyl (C=O) groups excluding carboxylic acids is 1. The van der Waals surface area contributed by atoms with Gasteiger partial charge >= 0.3 is 0 Å². The number of rotatable bonds is 7. The van der Waals surface area contributed by atoms with E-state index in [0.717, 1.165) is 30.8 Å². The van der Waals surface area contributed by atoms with E-state index in [4.69, 9.17) is 4.74 Å². The molecule has 0 aliphatic heterocycles. The first-order chi connectivity index (χ1) is 10.1. The lowest BCUT2D eigenvalue weighted by Gasteiger charge is -2.07. The number of benzene rings is 1. The zero-order valence-electron chi connectivity index (χ0n) is 12.8. The monoisotopic (exact) mass is 287 g/mol. The number of nitrogens with zero attached hydrogens (tertiary/aromatic N) is 3. The highest BCUT2D eigenvalue weighted by molar-refractivity contribution is 5.92. The molecule has 0 aliphatic rings. The van der Waals surface area contributed by atoms with Crippen LogP contribution in [0.3, 0.4) is 0 Å². The van der Waals surface area contributed by atoms with E-state index >= 15 is 0 Å². The van der Waals surface area contributed by atoms with Crippen LogP contribution in [-0.4, -0.2) is 27.4 Å². The van der Waals surface area contributed by atoms with Gasteiger partial charge in [-0.3, -0.25) is 4.79 Å². The van der Waals surface area contributed by atoms with Gasteiger partial charge in [0.1, 0.15) is 5.75 Å².